The summed E-state index contributed by atoms with van der Waals surface area (Å²) < 4.78 is 12.0. The largest absolute Gasteiger partial charge is 2.00 e. The summed E-state index contributed by atoms with van der Waals surface area (Å²) in [6.07, 6.45) is 2.40. The molecule has 0 aliphatic heterocycles. The minimum Gasteiger partial charge on any atom is -0.550 e. The summed E-state index contributed by atoms with van der Waals surface area (Å²) in [6, 6.07) is 12.8. The minimum absolute atomic E-state index is 0. The summed E-state index contributed by atoms with van der Waals surface area (Å²) in [4.78, 5) is 40.4. The third kappa shape index (κ3) is 13.4. The van der Waals surface area contributed by atoms with Crippen LogP contribution in [0.4, 0.5) is 0 Å². The standard InChI is InChI=1S/C19H22O2.2C6H10O3.Ti/c1-12(2)20-18-10-9-16-15-8-6-5-7-14(15)11-17(16)19(18)21-13(3)4;2*1-2-3-5(7)4-6(8)9;/h5-10,12-13H,11H2,1-4H3;2*2-4H2,1H3,(H,8,9);/q;;;+2/p-2. The van der Waals surface area contributed by atoms with Gasteiger partial charge in [0.05, 0.1) is 12.2 Å². The number of Topliss-reactive ketones (excluding diaryl/α,β-unsaturated/α-hetero) is 2. The molecule has 0 spiro atoms. The molecule has 3 rings (SSSR count). The average molecular weight is 589 g/mol. The van der Waals surface area contributed by atoms with Crippen LogP contribution in [0.25, 0.3) is 11.1 Å². The molecular formula is C31H40O8Ti. The summed E-state index contributed by atoms with van der Waals surface area (Å²) in [5.41, 5.74) is 5.21. The first kappa shape index (κ1) is 37.0. The van der Waals surface area contributed by atoms with Crippen LogP contribution in [-0.2, 0) is 47.3 Å². The molecule has 2 aromatic rings. The first-order valence-electron chi connectivity index (χ1n) is 13.4. The Morgan fingerprint density at radius 3 is 1.70 bits per heavy atom. The van der Waals surface area contributed by atoms with E-state index in [1.807, 2.05) is 33.8 Å². The number of hydrogen-bond acceptors (Lipinski definition) is 8. The maximum absolute atomic E-state index is 10.4. The maximum atomic E-state index is 10.4. The molecule has 40 heavy (non-hydrogen) atoms. The fraction of sp³-hybridized carbons (Fsp3) is 0.484. The zero-order chi connectivity index (χ0) is 29.5. The van der Waals surface area contributed by atoms with Crippen molar-refractivity contribution in [2.75, 3.05) is 0 Å². The molecule has 0 saturated carbocycles. The Kier molecular flexibility index (Phi) is 17.7. The predicted molar refractivity (Wildman–Crippen MR) is 145 cm³/mol. The molecule has 0 saturated heterocycles. The molecule has 0 aromatic heterocycles. The Hall–Kier alpha value is -2.97. The van der Waals surface area contributed by atoms with Crippen molar-refractivity contribution in [3.8, 4) is 22.6 Å². The van der Waals surface area contributed by atoms with Gasteiger partial charge in [-0.1, -0.05) is 44.2 Å². The summed E-state index contributed by atoms with van der Waals surface area (Å²) >= 11 is 0. The van der Waals surface area contributed by atoms with Gasteiger partial charge in [-0.2, -0.15) is 0 Å². The molecule has 9 heteroatoms. The Labute approximate surface area is 252 Å². The van der Waals surface area contributed by atoms with E-state index in [0.717, 1.165) is 17.9 Å². The topological polar surface area (TPSA) is 133 Å². The Balaban J connectivity index is 0.000000673. The van der Waals surface area contributed by atoms with E-state index in [9.17, 15) is 29.4 Å². The van der Waals surface area contributed by atoms with Gasteiger partial charge in [0.25, 0.3) is 0 Å². The monoisotopic (exact) mass is 588 g/mol. The predicted octanol–water partition coefficient (Wildman–Crippen LogP) is 3.82. The number of aliphatic carboxylic acids is 2. The number of hydrogen-bond donors (Lipinski definition) is 0. The number of ether oxygens (including phenoxy) is 2. The van der Waals surface area contributed by atoms with Crippen molar-refractivity contribution in [1.29, 1.82) is 0 Å². The second-order valence-corrected chi connectivity index (χ2v) is 9.76. The second-order valence-electron chi connectivity index (χ2n) is 9.76. The van der Waals surface area contributed by atoms with Crippen LogP contribution in [-0.4, -0.2) is 35.7 Å². The molecule has 0 amide bonds. The van der Waals surface area contributed by atoms with Gasteiger partial charge >= 0.3 is 21.7 Å². The number of ketones is 2. The van der Waals surface area contributed by atoms with E-state index >= 15 is 0 Å². The molecular weight excluding hydrogens is 548 g/mol. The SMILES string of the molecule is CC(C)Oc1ccc2c(c1OC(C)C)Cc1ccccc1-2.CCCC(=O)CC(=O)[O-].CCCC(=O)CC(=O)[O-].[Ti+2]. The number of fused-ring (bicyclic) bond motifs is 3. The van der Waals surface area contributed by atoms with E-state index in [-0.39, 0.29) is 45.5 Å². The summed E-state index contributed by atoms with van der Waals surface area (Å²) in [6.45, 7) is 11.9. The quantitative estimate of drug-likeness (QED) is 0.230. The fourth-order valence-electron chi connectivity index (χ4n) is 3.93. The van der Waals surface area contributed by atoms with Crippen LogP contribution in [0.3, 0.4) is 0 Å². The maximum Gasteiger partial charge on any atom is 2.00 e. The zero-order valence-electron chi connectivity index (χ0n) is 24.3. The molecule has 0 bridgehead atoms. The van der Waals surface area contributed by atoms with Crippen molar-refractivity contribution in [3.63, 3.8) is 0 Å². The Morgan fingerprint density at radius 1 is 0.750 bits per heavy atom. The molecule has 0 heterocycles. The van der Waals surface area contributed by atoms with Gasteiger partial charge < -0.3 is 29.3 Å². The molecule has 1 aliphatic rings. The normalized spacial score (nSPS) is 10.6. The van der Waals surface area contributed by atoms with Gasteiger partial charge in [-0.3, -0.25) is 9.59 Å². The summed E-state index contributed by atoms with van der Waals surface area (Å²) in [7, 11) is 0. The van der Waals surface area contributed by atoms with E-state index in [0.29, 0.717) is 25.7 Å². The first-order chi connectivity index (χ1) is 18.4. The van der Waals surface area contributed by atoms with Crippen molar-refractivity contribution in [2.24, 2.45) is 0 Å². The molecule has 0 radical (unpaired) electrons. The number of benzene rings is 2. The summed E-state index contributed by atoms with van der Waals surface area (Å²) in [5, 5.41) is 19.5. The molecule has 0 atom stereocenters. The van der Waals surface area contributed by atoms with Crippen molar-refractivity contribution < 1.29 is 60.6 Å². The van der Waals surface area contributed by atoms with Crippen molar-refractivity contribution in [3.05, 3.63) is 47.5 Å². The van der Waals surface area contributed by atoms with Crippen LogP contribution in [0.15, 0.2) is 36.4 Å². The minimum atomic E-state index is -1.28. The van der Waals surface area contributed by atoms with Gasteiger partial charge in [-0.15, -0.1) is 0 Å². The number of rotatable bonds is 12. The Morgan fingerprint density at radius 2 is 1.25 bits per heavy atom. The molecule has 2 aromatic carbocycles. The summed E-state index contributed by atoms with van der Waals surface area (Å²) in [5.74, 6) is -1.31. The molecule has 216 valence electrons. The van der Waals surface area contributed by atoms with Gasteiger partial charge in [0, 0.05) is 49.6 Å². The van der Waals surface area contributed by atoms with Gasteiger partial charge in [0.2, 0.25) is 0 Å². The van der Waals surface area contributed by atoms with E-state index in [4.69, 9.17) is 9.47 Å². The van der Waals surface area contributed by atoms with Crippen LogP contribution in [0.2, 0.25) is 0 Å². The van der Waals surface area contributed by atoms with Crippen LogP contribution >= 0.6 is 0 Å². The van der Waals surface area contributed by atoms with Gasteiger partial charge in [0.1, 0.15) is 11.6 Å². The van der Waals surface area contributed by atoms with Crippen LogP contribution in [0.5, 0.6) is 11.5 Å². The van der Waals surface area contributed by atoms with Crippen LogP contribution in [0.1, 0.15) is 91.2 Å². The fourth-order valence-corrected chi connectivity index (χ4v) is 3.93. The smallest absolute Gasteiger partial charge is 0.550 e. The van der Waals surface area contributed by atoms with Gasteiger partial charge in [-0.25, -0.2) is 0 Å². The molecule has 8 nitrogen and oxygen atoms in total. The van der Waals surface area contributed by atoms with E-state index in [1.165, 1.54) is 22.3 Å². The van der Waals surface area contributed by atoms with E-state index in [2.05, 4.69) is 44.2 Å². The number of carboxylic acids is 2. The van der Waals surface area contributed by atoms with Crippen LogP contribution in [0, 0.1) is 0 Å². The number of carboxylic acid groups (broad SMARTS) is 2. The molecule has 1 aliphatic carbocycles. The molecule has 0 unspecified atom stereocenters. The van der Waals surface area contributed by atoms with E-state index in [1.54, 1.807) is 0 Å². The average Bonchev–Trinajstić information content (AvgIpc) is 3.19. The first-order valence-corrected chi connectivity index (χ1v) is 13.4. The third-order valence-corrected chi connectivity index (χ3v) is 5.36. The van der Waals surface area contributed by atoms with Crippen molar-refractivity contribution in [1.82, 2.24) is 0 Å². The van der Waals surface area contributed by atoms with Crippen molar-refractivity contribution in [2.45, 2.75) is 98.7 Å². The van der Waals surface area contributed by atoms with Gasteiger partial charge in [0.15, 0.2) is 11.5 Å². The van der Waals surface area contributed by atoms with Gasteiger partial charge in [-0.05, 0) is 63.3 Å². The number of carbonyl (C=O) groups excluding carboxylic acids is 4. The van der Waals surface area contributed by atoms with Crippen molar-refractivity contribution >= 4 is 23.5 Å². The number of carbonyl (C=O) groups is 4. The van der Waals surface area contributed by atoms with Crippen LogP contribution < -0.4 is 19.7 Å². The Bertz CT molecular complexity index is 1090. The molecule has 0 fully saturated rings. The zero-order valence-corrected chi connectivity index (χ0v) is 25.9. The molecule has 0 N–H and O–H groups in total. The van der Waals surface area contributed by atoms with E-state index < -0.39 is 24.8 Å². The third-order valence-electron chi connectivity index (χ3n) is 5.36. The second kappa shape index (κ2) is 19.2.